The SMILES string of the molecule is C#CCOc1cc(-n2nc3ccc(Cl)cn3c2=O)c(F)cc1C#N. The number of hydrogen-bond donors (Lipinski definition) is 0. The summed E-state index contributed by atoms with van der Waals surface area (Å²) in [6.07, 6.45) is 6.50. The third-order valence-electron chi connectivity index (χ3n) is 3.19. The van der Waals surface area contributed by atoms with E-state index in [9.17, 15) is 9.18 Å². The van der Waals surface area contributed by atoms with Gasteiger partial charge in [0.2, 0.25) is 0 Å². The second-order valence-corrected chi connectivity index (χ2v) is 5.11. The van der Waals surface area contributed by atoms with Crippen LogP contribution in [-0.2, 0) is 0 Å². The zero-order chi connectivity index (χ0) is 17.3. The van der Waals surface area contributed by atoms with Crippen LogP contribution >= 0.6 is 11.6 Å². The molecule has 0 amide bonds. The van der Waals surface area contributed by atoms with Gasteiger partial charge in [-0.3, -0.25) is 0 Å². The molecule has 0 aliphatic carbocycles. The predicted octanol–water partition coefficient (Wildman–Crippen LogP) is 2.16. The van der Waals surface area contributed by atoms with Crippen LogP contribution in [0, 0.1) is 29.5 Å². The topological polar surface area (TPSA) is 72.3 Å². The van der Waals surface area contributed by atoms with Crippen molar-refractivity contribution >= 4 is 17.2 Å². The van der Waals surface area contributed by atoms with Crippen molar-refractivity contribution in [2.75, 3.05) is 6.61 Å². The van der Waals surface area contributed by atoms with Crippen LogP contribution in [0.4, 0.5) is 4.39 Å². The molecule has 0 aliphatic rings. The van der Waals surface area contributed by atoms with Crippen LogP contribution < -0.4 is 10.4 Å². The van der Waals surface area contributed by atoms with Crippen molar-refractivity contribution in [1.29, 1.82) is 5.26 Å². The Morgan fingerprint density at radius 2 is 2.21 bits per heavy atom. The molecule has 2 heterocycles. The minimum absolute atomic E-state index is 0.0358. The van der Waals surface area contributed by atoms with Crippen LogP contribution in [0.15, 0.2) is 35.3 Å². The van der Waals surface area contributed by atoms with E-state index in [-0.39, 0.29) is 23.6 Å². The van der Waals surface area contributed by atoms with Gasteiger partial charge < -0.3 is 4.74 Å². The Kier molecular flexibility index (Phi) is 3.95. The van der Waals surface area contributed by atoms with E-state index in [2.05, 4.69) is 11.0 Å². The Morgan fingerprint density at radius 1 is 1.42 bits per heavy atom. The third-order valence-corrected chi connectivity index (χ3v) is 3.41. The Labute approximate surface area is 140 Å². The maximum Gasteiger partial charge on any atom is 0.355 e. The Hall–Kier alpha value is -3.29. The lowest BCUT2D eigenvalue weighted by Crippen LogP contribution is -2.20. The Balaban J connectivity index is 2.23. The molecule has 3 aromatic rings. The van der Waals surface area contributed by atoms with Gasteiger partial charge in [0.15, 0.2) is 11.5 Å². The lowest BCUT2D eigenvalue weighted by Gasteiger charge is -2.08. The van der Waals surface area contributed by atoms with Crippen molar-refractivity contribution < 1.29 is 9.13 Å². The van der Waals surface area contributed by atoms with Crippen molar-refractivity contribution in [1.82, 2.24) is 14.2 Å². The molecule has 0 aliphatic heterocycles. The number of fused-ring (bicyclic) bond motifs is 1. The first-order valence-corrected chi connectivity index (χ1v) is 7.00. The van der Waals surface area contributed by atoms with Crippen LogP contribution in [0.3, 0.4) is 0 Å². The lowest BCUT2D eigenvalue weighted by atomic mass is 10.2. The van der Waals surface area contributed by atoms with Crippen molar-refractivity contribution in [3.8, 4) is 29.8 Å². The molecule has 118 valence electrons. The summed E-state index contributed by atoms with van der Waals surface area (Å²) < 4.78 is 21.6. The summed E-state index contributed by atoms with van der Waals surface area (Å²) in [7, 11) is 0. The highest BCUT2D eigenvalue weighted by molar-refractivity contribution is 6.30. The van der Waals surface area contributed by atoms with Crippen molar-refractivity contribution in [3.05, 3.63) is 57.3 Å². The fraction of sp³-hybridized carbons (Fsp3) is 0.0625. The molecule has 3 rings (SSSR count). The summed E-state index contributed by atoms with van der Waals surface area (Å²) >= 11 is 5.85. The van der Waals surface area contributed by atoms with Crippen molar-refractivity contribution in [2.45, 2.75) is 0 Å². The molecule has 0 fully saturated rings. The van der Waals surface area contributed by atoms with E-state index in [0.29, 0.717) is 10.7 Å². The molecular weight excluding hydrogens is 335 g/mol. The van der Waals surface area contributed by atoms with E-state index >= 15 is 0 Å². The number of benzene rings is 1. The summed E-state index contributed by atoms with van der Waals surface area (Å²) in [6, 6.07) is 7.07. The minimum atomic E-state index is -0.795. The number of nitriles is 1. The number of rotatable bonds is 3. The third kappa shape index (κ3) is 2.58. The summed E-state index contributed by atoms with van der Waals surface area (Å²) in [5.41, 5.74) is -0.518. The monoisotopic (exact) mass is 342 g/mol. The highest BCUT2D eigenvalue weighted by atomic mass is 35.5. The van der Waals surface area contributed by atoms with Gasteiger partial charge in [0.25, 0.3) is 0 Å². The van der Waals surface area contributed by atoms with Crippen LogP contribution in [-0.4, -0.2) is 20.8 Å². The average molecular weight is 343 g/mol. The maximum atomic E-state index is 14.3. The molecule has 0 atom stereocenters. The molecule has 0 unspecified atom stereocenters. The van der Waals surface area contributed by atoms with Crippen LogP contribution in [0.1, 0.15) is 5.56 Å². The lowest BCUT2D eigenvalue weighted by molar-refractivity contribution is 0.368. The van der Waals surface area contributed by atoms with Gasteiger partial charge in [-0.25, -0.2) is 13.6 Å². The van der Waals surface area contributed by atoms with Gasteiger partial charge >= 0.3 is 5.69 Å². The van der Waals surface area contributed by atoms with E-state index in [1.165, 1.54) is 22.7 Å². The predicted molar refractivity (Wildman–Crippen MR) is 84.8 cm³/mol. The molecular formula is C16H8ClFN4O2. The van der Waals surface area contributed by atoms with Crippen molar-refractivity contribution in [3.63, 3.8) is 0 Å². The molecule has 2 aromatic heterocycles. The smallest absolute Gasteiger partial charge is 0.355 e. The molecule has 8 heteroatoms. The zero-order valence-electron chi connectivity index (χ0n) is 12.0. The summed E-state index contributed by atoms with van der Waals surface area (Å²) in [5.74, 6) is 1.52. The van der Waals surface area contributed by atoms with Gasteiger partial charge in [0.05, 0.1) is 10.6 Å². The fourth-order valence-corrected chi connectivity index (χ4v) is 2.30. The quantitative estimate of drug-likeness (QED) is 0.684. The van der Waals surface area contributed by atoms with E-state index in [4.69, 9.17) is 28.0 Å². The van der Waals surface area contributed by atoms with Gasteiger partial charge in [0.1, 0.15) is 24.1 Å². The Morgan fingerprint density at radius 3 is 2.92 bits per heavy atom. The number of aromatic nitrogens is 3. The van der Waals surface area contributed by atoms with E-state index in [1.807, 2.05) is 6.07 Å². The number of pyridine rings is 1. The normalized spacial score (nSPS) is 10.3. The van der Waals surface area contributed by atoms with E-state index < -0.39 is 11.5 Å². The van der Waals surface area contributed by atoms with Crippen LogP contribution in [0.25, 0.3) is 11.3 Å². The van der Waals surface area contributed by atoms with Gasteiger partial charge in [-0.1, -0.05) is 17.5 Å². The van der Waals surface area contributed by atoms with Crippen molar-refractivity contribution in [2.24, 2.45) is 0 Å². The molecule has 0 saturated carbocycles. The van der Waals surface area contributed by atoms with Crippen LogP contribution in [0.5, 0.6) is 5.75 Å². The highest BCUT2D eigenvalue weighted by Crippen LogP contribution is 2.24. The molecule has 0 bridgehead atoms. The van der Waals surface area contributed by atoms with Gasteiger partial charge in [-0.2, -0.15) is 9.94 Å². The number of terminal acetylenes is 1. The minimum Gasteiger partial charge on any atom is -0.479 e. The number of nitrogens with zero attached hydrogens (tertiary/aromatic N) is 4. The summed E-state index contributed by atoms with van der Waals surface area (Å²) in [5, 5.41) is 13.4. The molecule has 0 saturated heterocycles. The second kappa shape index (κ2) is 6.07. The first-order valence-electron chi connectivity index (χ1n) is 6.62. The molecule has 0 N–H and O–H groups in total. The average Bonchev–Trinajstić information content (AvgIpc) is 2.89. The highest BCUT2D eigenvalue weighted by Gasteiger charge is 2.17. The molecule has 6 nitrogen and oxygen atoms in total. The summed E-state index contributed by atoms with van der Waals surface area (Å²) in [6.45, 7) is -0.102. The standard InChI is InChI=1S/C16H8ClFN4O2/c1-2-5-24-14-7-13(12(18)6-10(14)8-19)22-16(23)21-9-11(17)3-4-15(21)20-22/h1,3-4,6-7,9H,5H2. The molecule has 0 radical (unpaired) electrons. The molecule has 24 heavy (non-hydrogen) atoms. The molecule has 1 aromatic carbocycles. The largest absolute Gasteiger partial charge is 0.479 e. The zero-order valence-corrected chi connectivity index (χ0v) is 12.8. The number of hydrogen-bond acceptors (Lipinski definition) is 4. The van der Waals surface area contributed by atoms with Gasteiger partial charge in [-0.15, -0.1) is 11.5 Å². The van der Waals surface area contributed by atoms with Gasteiger partial charge in [0, 0.05) is 12.3 Å². The Bertz CT molecular complexity index is 1090. The number of ether oxygens (including phenoxy) is 1. The molecule has 0 spiro atoms. The second-order valence-electron chi connectivity index (χ2n) is 4.67. The summed E-state index contributed by atoms with van der Waals surface area (Å²) in [4.78, 5) is 12.4. The van der Waals surface area contributed by atoms with E-state index in [1.54, 1.807) is 6.07 Å². The first kappa shape index (κ1) is 15.6. The van der Waals surface area contributed by atoms with Crippen LogP contribution in [0.2, 0.25) is 5.02 Å². The maximum absolute atomic E-state index is 14.3. The fourth-order valence-electron chi connectivity index (χ4n) is 2.14. The first-order chi connectivity index (χ1) is 11.5. The van der Waals surface area contributed by atoms with E-state index in [0.717, 1.165) is 10.7 Å². The van der Waals surface area contributed by atoms with Gasteiger partial charge in [-0.05, 0) is 18.2 Å². The number of halogens is 2.